The minimum Gasteiger partial charge on any atom is -0.449 e. The van der Waals surface area contributed by atoms with Gasteiger partial charge in [-0.3, -0.25) is 0 Å². The molecule has 0 saturated heterocycles. The van der Waals surface area contributed by atoms with Gasteiger partial charge >= 0.3 is 0 Å². The van der Waals surface area contributed by atoms with Gasteiger partial charge in [0.1, 0.15) is 11.8 Å². The van der Waals surface area contributed by atoms with Gasteiger partial charge in [-0.1, -0.05) is 44.2 Å². The molecule has 1 heterocycles. The monoisotopic (exact) mass is 298 g/mol. The summed E-state index contributed by atoms with van der Waals surface area (Å²) in [6.45, 7) is 5.53. The Labute approximate surface area is 131 Å². The normalized spacial score (nSPS) is 12.8. The quantitative estimate of drug-likeness (QED) is 0.824. The summed E-state index contributed by atoms with van der Waals surface area (Å²) in [5, 5.41) is 21.8. The minimum atomic E-state index is -0.227. The van der Waals surface area contributed by atoms with Gasteiger partial charge in [-0.05, 0) is 23.1 Å². The van der Waals surface area contributed by atoms with E-state index in [2.05, 4.69) is 31.3 Å². The molecule has 2 N–H and O–H groups in total. The Hall–Kier alpha value is -2.09. The largest absolute Gasteiger partial charge is 0.449 e. The maximum atomic E-state index is 9.70. The molecule has 0 aliphatic carbocycles. The first kappa shape index (κ1) is 16.3. The van der Waals surface area contributed by atoms with E-state index in [0.717, 1.165) is 12.3 Å². The van der Waals surface area contributed by atoms with Gasteiger partial charge in [-0.25, -0.2) is 0 Å². The van der Waals surface area contributed by atoms with Crippen LogP contribution in [0, 0.1) is 16.7 Å². The molecule has 0 fully saturated rings. The molecule has 0 spiro atoms. The van der Waals surface area contributed by atoms with Crippen LogP contribution in [0.15, 0.2) is 46.9 Å². The summed E-state index contributed by atoms with van der Waals surface area (Å²) >= 11 is 0. The Balaban J connectivity index is 2.03. The number of nitrogens with zero attached hydrogens (tertiary/aromatic N) is 1. The number of rotatable bonds is 7. The van der Waals surface area contributed by atoms with Gasteiger partial charge < -0.3 is 14.8 Å². The zero-order chi connectivity index (χ0) is 16.0. The van der Waals surface area contributed by atoms with Crippen molar-refractivity contribution in [1.82, 2.24) is 5.32 Å². The molecule has 1 unspecified atom stereocenters. The molecule has 116 valence electrons. The lowest BCUT2D eigenvalue weighted by Gasteiger charge is -2.33. The van der Waals surface area contributed by atoms with Crippen molar-refractivity contribution in [1.29, 1.82) is 5.26 Å². The van der Waals surface area contributed by atoms with E-state index < -0.39 is 0 Å². The number of hydrogen-bond acceptors (Lipinski definition) is 4. The summed E-state index contributed by atoms with van der Waals surface area (Å²) in [6.07, 6.45) is 0. The maximum Gasteiger partial charge on any atom is 0.203 e. The highest BCUT2D eigenvalue weighted by molar-refractivity contribution is 5.22. The maximum absolute atomic E-state index is 9.70. The van der Waals surface area contributed by atoms with Crippen molar-refractivity contribution >= 4 is 0 Å². The first-order chi connectivity index (χ1) is 10.6. The average Bonchev–Trinajstić information content (AvgIpc) is 3.00. The molecule has 0 radical (unpaired) electrons. The Morgan fingerprint density at radius 1 is 1.23 bits per heavy atom. The summed E-state index contributed by atoms with van der Waals surface area (Å²) in [4.78, 5) is 0. The van der Waals surface area contributed by atoms with Gasteiger partial charge in [-0.2, -0.15) is 5.26 Å². The highest BCUT2D eigenvalue weighted by Gasteiger charge is 2.29. The van der Waals surface area contributed by atoms with Crippen LogP contribution >= 0.6 is 0 Å². The fourth-order valence-corrected chi connectivity index (χ4v) is 2.51. The van der Waals surface area contributed by atoms with Crippen LogP contribution < -0.4 is 5.32 Å². The fourth-order valence-electron chi connectivity index (χ4n) is 2.51. The molecule has 0 bridgehead atoms. The van der Waals surface area contributed by atoms with Gasteiger partial charge in [0.15, 0.2) is 0 Å². The molecule has 1 atom stereocenters. The van der Waals surface area contributed by atoms with Gasteiger partial charge in [0.25, 0.3) is 0 Å². The first-order valence-corrected chi connectivity index (χ1v) is 7.42. The van der Waals surface area contributed by atoms with E-state index in [9.17, 15) is 5.11 Å². The topological polar surface area (TPSA) is 69.2 Å². The van der Waals surface area contributed by atoms with Crippen LogP contribution in [-0.2, 0) is 6.54 Å². The minimum absolute atomic E-state index is 0.119. The predicted molar refractivity (Wildman–Crippen MR) is 85.2 cm³/mol. The lowest BCUT2D eigenvalue weighted by atomic mass is 9.75. The Bertz CT molecular complexity index is 626. The highest BCUT2D eigenvalue weighted by Crippen LogP contribution is 2.34. The van der Waals surface area contributed by atoms with Crippen LogP contribution in [0.1, 0.15) is 36.8 Å². The third-order valence-electron chi connectivity index (χ3n) is 3.97. The predicted octanol–water partition coefficient (Wildman–Crippen LogP) is 3.04. The number of nitriles is 1. The average molecular weight is 298 g/mol. The lowest BCUT2D eigenvalue weighted by molar-refractivity contribution is 0.128. The molecule has 0 amide bonds. The van der Waals surface area contributed by atoms with Gasteiger partial charge in [0.05, 0.1) is 6.54 Å². The molecule has 22 heavy (non-hydrogen) atoms. The molecule has 2 rings (SSSR count). The zero-order valence-electron chi connectivity index (χ0n) is 13.0. The summed E-state index contributed by atoms with van der Waals surface area (Å²) in [5.74, 6) is 1.25. The van der Waals surface area contributed by atoms with E-state index in [1.54, 1.807) is 12.1 Å². The molecular formula is C18H22N2O2. The van der Waals surface area contributed by atoms with E-state index in [1.807, 2.05) is 24.3 Å². The standard InChI is InChI=1S/C18H22N2O2/c1-18(2,13-21)17(14-6-4-3-5-7-14)12-20-11-16-9-8-15(10-19)22-16/h3-9,17,20-21H,11-13H2,1-2H3. The molecule has 1 aromatic heterocycles. The fraction of sp³-hybridized carbons (Fsp3) is 0.389. The lowest BCUT2D eigenvalue weighted by Crippen LogP contribution is -2.34. The Kier molecular flexibility index (Phi) is 5.37. The van der Waals surface area contributed by atoms with Crippen molar-refractivity contribution in [2.24, 2.45) is 5.41 Å². The van der Waals surface area contributed by atoms with E-state index in [-0.39, 0.29) is 17.9 Å². The van der Waals surface area contributed by atoms with E-state index >= 15 is 0 Å². The molecular weight excluding hydrogens is 276 g/mol. The smallest absolute Gasteiger partial charge is 0.203 e. The van der Waals surface area contributed by atoms with E-state index in [4.69, 9.17) is 9.68 Å². The summed E-state index contributed by atoms with van der Waals surface area (Å²) < 4.78 is 5.36. The van der Waals surface area contributed by atoms with Gasteiger partial charge in [0, 0.05) is 19.1 Å². The molecule has 2 aromatic rings. The molecule has 1 aromatic carbocycles. The highest BCUT2D eigenvalue weighted by atomic mass is 16.3. The molecule has 0 saturated carbocycles. The summed E-state index contributed by atoms with van der Waals surface area (Å²) in [6, 6.07) is 15.7. The summed E-state index contributed by atoms with van der Waals surface area (Å²) in [7, 11) is 0. The molecule has 0 aliphatic rings. The van der Waals surface area contributed by atoms with Crippen molar-refractivity contribution < 1.29 is 9.52 Å². The number of nitrogens with one attached hydrogen (secondary N) is 1. The van der Waals surface area contributed by atoms with Crippen molar-refractivity contribution in [2.45, 2.75) is 26.3 Å². The van der Waals surface area contributed by atoms with Crippen LogP contribution in [0.2, 0.25) is 0 Å². The van der Waals surface area contributed by atoms with Gasteiger partial charge in [-0.15, -0.1) is 0 Å². The zero-order valence-corrected chi connectivity index (χ0v) is 13.0. The number of furan rings is 1. The molecule has 0 aliphatic heterocycles. The third-order valence-corrected chi connectivity index (χ3v) is 3.97. The molecule has 4 heteroatoms. The third kappa shape index (κ3) is 3.97. The number of benzene rings is 1. The SMILES string of the molecule is CC(C)(CO)C(CNCc1ccc(C#N)o1)c1ccccc1. The molecule has 4 nitrogen and oxygen atoms in total. The second-order valence-electron chi connectivity index (χ2n) is 6.12. The van der Waals surface area contributed by atoms with Gasteiger partial charge in [0.2, 0.25) is 5.76 Å². The van der Waals surface area contributed by atoms with Crippen LogP contribution in [0.5, 0.6) is 0 Å². The van der Waals surface area contributed by atoms with Crippen LogP contribution in [-0.4, -0.2) is 18.3 Å². The van der Waals surface area contributed by atoms with Crippen molar-refractivity contribution in [2.75, 3.05) is 13.2 Å². The Morgan fingerprint density at radius 2 is 1.95 bits per heavy atom. The number of aliphatic hydroxyl groups excluding tert-OH is 1. The van der Waals surface area contributed by atoms with Crippen LogP contribution in [0.3, 0.4) is 0 Å². The second kappa shape index (κ2) is 7.26. The number of hydrogen-bond donors (Lipinski definition) is 2. The first-order valence-electron chi connectivity index (χ1n) is 7.42. The second-order valence-corrected chi connectivity index (χ2v) is 6.12. The number of aliphatic hydroxyl groups is 1. The van der Waals surface area contributed by atoms with Crippen LogP contribution in [0.4, 0.5) is 0 Å². The van der Waals surface area contributed by atoms with E-state index in [1.165, 1.54) is 5.56 Å². The van der Waals surface area contributed by atoms with Crippen molar-refractivity contribution in [3.8, 4) is 6.07 Å². The summed E-state index contributed by atoms with van der Waals surface area (Å²) in [5.41, 5.74) is 0.973. The van der Waals surface area contributed by atoms with Crippen molar-refractivity contribution in [3.05, 3.63) is 59.5 Å². The van der Waals surface area contributed by atoms with E-state index in [0.29, 0.717) is 12.3 Å². The van der Waals surface area contributed by atoms with Crippen molar-refractivity contribution in [3.63, 3.8) is 0 Å². The van der Waals surface area contributed by atoms with Crippen LogP contribution in [0.25, 0.3) is 0 Å². The Morgan fingerprint density at radius 3 is 2.55 bits per heavy atom.